The van der Waals surface area contributed by atoms with Crippen molar-refractivity contribution in [1.82, 2.24) is 15.3 Å². The lowest BCUT2D eigenvalue weighted by Gasteiger charge is -2.38. The largest absolute Gasteiger partial charge is 0.383 e. The molecule has 0 bridgehead atoms. The Morgan fingerprint density at radius 1 is 1.28 bits per heavy atom. The fourth-order valence-corrected chi connectivity index (χ4v) is 4.56. The van der Waals surface area contributed by atoms with Gasteiger partial charge in [-0.1, -0.05) is 13.0 Å². The van der Waals surface area contributed by atoms with Gasteiger partial charge in [-0.25, -0.2) is 4.98 Å². The maximum absolute atomic E-state index is 13.1. The molecule has 3 rings (SSSR count). The number of benzene rings is 1. The van der Waals surface area contributed by atoms with Crippen LogP contribution >= 0.6 is 11.8 Å². The van der Waals surface area contributed by atoms with E-state index in [1.807, 2.05) is 39.0 Å². The molecule has 0 spiro atoms. The number of anilines is 3. The van der Waals surface area contributed by atoms with E-state index >= 15 is 0 Å². The average Bonchev–Trinajstić information content (AvgIpc) is 2.63. The lowest BCUT2D eigenvalue weighted by atomic mass is 10.0. The summed E-state index contributed by atoms with van der Waals surface area (Å²) in [5.74, 6) is 0.325. The van der Waals surface area contributed by atoms with Crippen LogP contribution in [0.1, 0.15) is 33.4 Å². The number of thioether (sulfide) groups is 1. The molecule has 154 valence electrons. The summed E-state index contributed by atoms with van der Waals surface area (Å²) in [5, 5.41) is 2.76. The minimum absolute atomic E-state index is 0.00487. The predicted octanol–water partition coefficient (Wildman–Crippen LogP) is 2.22. The summed E-state index contributed by atoms with van der Waals surface area (Å²) in [4.78, 5) is 35.5. The standard InChI is InChI=1S/C20H26N6O2S/c1-5-13-16(17(21)25-19(22)24-13)12-6-7-15-14(10-12)26(9-8-23-11(2)27)18(28)20(3,4)29-15/h6-7,10H,5,8-9H2,1-4H3,(H,23,27)(H4,21,22,24,25). The highest BCUT2D eigenvalue weighted by Gasteiger charge is 2.39. The van der Waals surface area contributed by atoms with E-state index < -0.39 is 4.75 Å². The molecule has 2 heterocycles. The van der Waals surface area contributed by atoms with Crippen LogP contribution in [0.25, 0.3) is 11.1 Å². The van der Waals surface area contributed by atoms with Crippen LogP contribution < -0.4 is 21.7 Å². The van der Waals surface area contributed by atoms with Gasteiger partial charge in [0, 0.05) is 30.5 Å². The zero-order chi connectivity index (χ0) is 21.3. The van der Waals surface area contributed by atoms with Gasteiger partial charge in [-0.3, -0.25) is 9.59 Å². The van der Waals surface area contributed by atoms with Gasteiger partial charge in [0.15, 0.2) is 0 Å². The van der Waals surface area contributed by atoms with Crippen molar-refractivity contribution in [2.24, 2.45) is 0 Å². The number of fused-ring (bicyclic) bond motifs is 1. The lowest BCUT2D eigenvalue weighted by molar-refractivity contribution is -0.121. The molecule has 0 atom stereocenters. The Balaban J connectivity index is 2.08. The number of aromatic nitrogens is 2. The first-order valence-corrected chi connectivity index (χ1v) is 10.3. The van der Waals surface area contributed by atoms with Crippen LogP contribution in [-0.4, -0.2) is 39.6 Å². The second-order valence-corrected chi connectivity index (χ2v) is 9.04. The van der Waals surface area contributed by atoms with E-state index in [9.17, 15) is 9.59 Å². The van der Waals surface area contributed by atoms with E-state index in [1.54, 1.807) is 4.90 Å². The zero-order valence-electron chi connectivity index (χ0n) is 17.1. The van der Waals surface area contributed by atoms with E-state index in [0.29, 0.717) is 25.3 Å². The average molecular weight is 415 g/mol. The molecule has 5 N–H and O–H groups in total. The van der Waals surface area contributed by atoms with E-state index in [1.165, 1.54) is 18.7 Å². The number of carbonyl (C=O) groups is 2. The number of aryl methyl sites for hydroxylation is 1. The first kappa shape index (κ1) is 20.9. The van der Waals surface area contributed by atoms with Crippen molar-refractivity contribution in [3.63, 3.8) is 0 Å². The van der Waals surface area contributed by atoms with Gasteiger partial charge in [0.05, 0.1) is 16.1 Å². The van der Waals surface area contributed by atoms with Crippen LogP contribution in [0.4, 0.5) is 17.5 Å². The summed E-state index contributed by atoms with van der Waals surface area (Å²) in [5.41, 5.74) is 15.0. The number of nitrogens with one attached hydrogen (secondary N) is 1. The number of rotatable bonds is 5. The number of hydrogen-bond donors (Lipinski definition) is 3. The first-order valence-electron chi connectivity index (χ1n) is 9.45. The molecule has 1 aliphatic heterocycles. The molecule has 2 aromatic rings. The van der Waals surface area contributed by atoms with Gasteiger partial charge in [0.1, 0.15) is 5.82 Å². The summed E-state index contributed by atoms with van der Waals surface area (Å²) in [6.45, 7) is 8.00. The summed E-state index contributed by atoms with van der Waals surface area (Å²) in [7, 11) is 0. The van der Waals surface area contributed by atoms with E-state index in [4.69, 9.17) is 11.5 Å². The predicted molar refractivity (Wildman–Crippen MR) is 117 cm³/mol. The molecule has 0 aliphatic carbocycles. The number of nitrogens with zero attached hydrogens (tertiary/aromatic N) is 3. The van der Waals surface area contributed by atoms with Gasteiger partial charge in [-0.05, 0) is 38.0 Å². The van der Waals surface area contributed by atoms with Crippen LogP contribution in [0.2, 0.25) is 0 Å². The van der Waals surface area contributed by atoms with Gasteiger partial charge in [-0.15, -0.1) is 11.8 Å². The quantitative estimate of drug-likeness (QED) is 0.684. The van der Waals surface area contributed by atoms with Crippen molar-refractivity contribution >= 4 is 41.0 Å². The highest BCUT2D eigenvalue weighted by molar-refractivity contribution is 8.01. The van der Waals surface area contributed by atoms with Crippen LogP contribution in [0.3, 0.4) is 0 Å². The maximum atomic E-state index is 13.1. The van der Waals surface area contributed by atoms with Crippen molar-refractivity contribution in [3.05, 3.63) is 23.9 Å². The zero-order valence-corrected chi connectivity index (χ0v) is 17.9. The number of nitrogens with two attached hydrogens (primary N) is 2. The van der Waals surface area contributed by atoms with Crippen LogP contribution in [-0.2, 0) is 16.0 Å². The molecule has 29 heavy (non-hydrogen) atoms. The Morgan fingerprint density at radius 3 is 2.66 bits per heavy atom. The fourth-order valence-electron chi connectivity index (χ4n) is 3.41. The molecule has 8 nitrogen and oxygen atoms in total. The summed E-state index contributed by atoms with van der Waals surface area (Å²) >= 11 is 1.53. The molecule has 0 saturated carbocycles. The number of carbonyl (C=O) groups excluding carboxylic acids is 2. The van der Waals surface area contributed by atoms with E-state index in [-0.39, 0.29) is 17.8 Å². The van der Waals surface area contributed by atoms with Gasteiger partial charge >= 0.3 is 0 Å². The molecule has 1 aliphatic rings. The minimum Gasteiger partial charge on any atom is -0.383 e. The molecule has 2 amide bonds. The SMILES string of the molecule is CCc1nc(N)nc(N)c1-c1ccc2c(c1)N(CCNC(C)=O)C(=O)C(C)(C)S2. The molecule has 0 fully saturated rings. The van der Waals surface area contributed by atoms with Gasteiger partial charge < -0.3 is 21.7 Å². The third-order valence-electron chi connectivity index (χ3n) is 4.74. The molecule has 9 heteroatoms. The molecule has 1 aromatic carbocycles. The van der Waals surface area contributed by atoms with E-state index in [2.05, 4.69) is 15.3 Å². The Kier molecular flexibility index (Phi) is 5.70. The van der Waals surface area contributed by atoms with Crippen molar-refractivity contribution in [1.29, 1.82) is 0 Å². The molecular formula is C20H26N6O2S. The minimum atomic E-state index is -0.595. The van der Waals surface area contributed by atoms with Crippen molar-refractivity contribution in [3.8, 4) is 11.1 Å². The van der Waals surface area contributed by atoms with Crippen molar-refractivity contribution in [2.75, 3.05) is 29.5 Å². The Hall–Kier alpha value is -2.81. The second-order valence-electron chi connectivity index (χ2n) is 7.38. The number of amides is 2. The van der Waals surface area contributed by atoms with Crippen LogP contribution in [0.15, 0.2) is 23.1 Å². The Morgan fingerprint density at radius 2 is 2.00 bits per heavy atom. The molecule has 1 aromatic heterocycles. The normalized spacial score (nSPS) is 15.2. The van der Waals surface area contributed by atoms with Gasteiger partial charge in [-0.2, -0.15) is 4.98 Å². The van der Waals surface area contributed by atoms with Crippen LogP contribution in [0.5, 0.6) is 0 Å². The second kappa shape index (κ2) is 7.90. The number of hydrogen-bond acceptors (Lipinski definition) is 7. The topological polar surface area (TPSA) is 127 Å². The molecule has 0 unspecified atom stereocenters. The smallest absolute Gasteiger partial charge is 0.243 e. The third-order valence-corrected chi connectivity index (χ3v) is 5.99. The first-order chi connectivity index (χ1) is 13.6. The lowest BCUT2D eigenvalue weighted by Crippen LogP contribution is -2.49. The van der Waals surface area contributed by atoms with Crippen molar-refractivity contribution < 1.29 is 9.59 Å². The maximum Gasteiger partial charge on any atom is 0.243 e. The highest BCUT2D eigenvalue weighted by Crippen LogP contribution is 2.46. The fraction of sp³-hybridized carbons (Fsp3) is 0.400. The van der Waals surface area contributed by atoms with Gasteiger partial charge in [0.25, 0.3) is 0 Å². The molecule has 0 saturated heterocycles. The third kappa shape index (κ3) is 4.14. The van der Waals surface area contributed by atoms with Gasteiger partial charge in [0.2, 0.25) is 17.8 Å². The van der Waals surface area contributed by atoms with Crippen LogP contribution in [0, 0.1) is 0 Å². The Bertz CT molecular complexity index is 976. The van der Waals surface area contributed by atoms with E-state index in [0.717, 1.165) is 27.4 Å². The summed E-state index contributed by atoms with van der Waals surface area (Å²) in [6, 6.07) is 5.89. The van der Waals surface area contributed by atoms with Crippen molar-refractivity contribution in [2.45, 2.75) is 43.8 Å². The molecule has 0 radical (unpaired) electrons. The summed E-state index contributed by atoms with van der Waals surface area (Å²) < 4.78 is -0.595. The Labute approximate surface area is 174 Å². The molecular weight excluding hydrogens is 388 g/mol. The number of nitrogen functional groups attached to an aromatic ring is 2. The highest BCUT2D eigenvalue weighted by atomic mass is 32.2. The monoisotopic (exact) mass is 414 g/mol. The summed E-state index contributed by atoms with van der Waals surface area (Å²) in [6.07, 6.45) is 0.649.